The van der Waals surface area contributed by atoms with E-state index < -0.39 is 0 Å². The molecule has 0 spiro atoms. The number of hydrazine groups is 1. The summed E-state index contributed by atoms with van der Waals surface area (Å²) < 4.78 is 1.83. The van der Waals surface area contributed by atoms with Crippen molar-refractivity contribution in [2.24, 2.45) is 12.9 Å². The normalized spacial score (nSPS) is 16.3. The highest BCUT2D eigenvalue weighted by atomic mass is 32.2. The quantitative estimate of drug-likeness (QED) is 0.669. The van der Waals surface area contributed by atoms with Crippen molar-refractivity contribution in [1.29, 1.82) is 0 Å². The topological polar surface area (TPSA) is 55.9 Å². The second-order valence-electron chi connectivity index (χ2n) is 4.85. The summed E-state index contributed by atoms with van der Waals surface area (Å²) >= 11 is 3.93. The molecule has 19 heavy (non-hydrogen) atoms. The van der Waals surface area contributed by atoms with Crippen LogP contribution in [0.15, 0.2) is 18.5 Å². The van der Waals surface area contributed by atoms with Crippen LogP contribution in [0.25, 0.3) is 0 Å². The summed E-state index contributed by atoms with van der Waals surface area (Å²) in [6.45, 7) is 0. The largest absolute Gasteiger partial charge is 0.276 e. The minimum absolute atomic E-state index is 0.185. The average molecular weight is 294 g/mol. The van der Waals surface area contributed by atoms with Gasteiger partial charge in [0.15, 0.2) is 0 Å². The number of hydrogen-bond donors (Lipinski definition) is 2. The number of fused-ring (bicyclic) bond motifs is 1. The van der Waals surface area contributed by atoms with Crippen molar-refractivity contribution < 1.29 is 0 Å². The Morgan fingerprint density at radius 1 is 1.58 bits per heavy atom. The van der Waals surface area contributed by atoms with Crippen molar-refractivity contribution in [3.05, 3.63) is 39.3 Å². The predicted octanol–water partition coefficient (Wildman–Crippen LogP) is 2.02. The molecule has 1 unspecified atom stereocenters. The van der Waals surface area contributed by atoms with Crippen LogP contribution in [0.4, 0.5) is 0 Å². The number of thiophene rings is 1. The zero-order chi connectivity index (χ0) is 13.2. The third-order valence-electron chi connectivity index (χ3n) is 3.39. The third-order valence-corrected chi connectivity index (χ3v) is 5.75. The molecule has 0 saturated heterocycles. The summed E-state index contributed by atoms with van der Waals surface area (Å²) in [5.74, 6) is 8.14. The molecular formula is C13H18N4S2. The van der Waals surface area contributed by atoms with Crippen LogP contribution in [0, 0.1) is 0 Å². The number of thioether (sulfide) groups is 1. The van der Waals surface area contributed by atoms with E-state index in [1.807, 2.05) is 47.2 Å². The van der Waals surface area contributed by atoms with E-state index in [4.69, 9.17) is 5.84 Å². The molecule has 6 heteroatoms. The van der Waals surface area contributed by atoms with Crippen LogP contribution in [-0.2, 0) is 25.6 Å². The lowest BCUT2D eigenvalue weighted by Crippen LogP contribution is -2.28. The number of nitrogens with two attached hydrogens (primary N) is 1. The standard InChI is InChI=1S/C13H18N4S2/c1-17-7-9(6-15-17)4-11(16-14)13-5-10-8-18-3-2-12(10)19-13/h5-7,11,16H,2-4,8,14H2,1H3. The van der Waals surface area contributed by atoms with Crippen LogP contribution >= 0.6 is 23.1 Å². The Kier molecular flexibility index (Phi) is 3.93. The molecule has 102 valence electrons. The maximum atomic E-state index is 5.74. The Labute approximate surface area is 121 Å². The molecule has 3 N–H and O–H groups in total. The lowest BCUT2D eigenvalue weighted by Gasteiger charge is -2.12. The molecule has 0 aromatic carbocycles. The summed E-state index contributed by atoms with van der Waals surface area (Å²) in [6, 6.07) is 2.51. The molecule has 0 aliphatic carbocycles. The Bertz CT molecular complexity index is 537. The van der Waals surface area contributed by atoms with Crippen molar-refractivity contribution in [2.75, 3.05) is 5.75 Å². The first-order valence-electron chi connectivity index (χ1n) is 6.39. The minimum atomic E-state index is 0.185. The Balaban J connectivity index is 1.79. The zero-order valence-electron chi connectivity index (χ0n) is 10.9. The monoisotopic (exact) mass is 294 g/mol. The molecule has 0 saturated carbocycles. The smallest absolute Gasteiger partial charge is 0.0594 e. The Morgan fingerprint density at radius 3 is 3.16 bits per heavy atom. The predicted molar refractivity (Wildman–Crippen MR) is 81.2 cm³/mol. The van der Waals surface area contributed by atoms with E-state index in [-0.39, 0.29) is 6.04 Å². The van der Waals surface area contributed by atoms with E-state index in [9.17, 15) is 0 Å². The van der Waals surface area contributed by atoms with Gasteiger partial charge < -0.3 is 0 Å². The van der Waals surface area contributed by atoms with Gasteiger partial charge in [0, 0.05) is 28.8 Å². The van der Waals surface area contributed by atoms with Crippen LogP contribution in [0.3, 0.4) is 0 Å². The maximum Gasteiger partial charge on any atom is 0.0594 e. The summed E-state index contributed by atoms with van der Waals surface area (Å²) in [5, 5.41) is 4.21. The summed E-state index contributed by atoms with van der Waals surface area (Å²) in [7, 11) is 1.94. The van der Waals surface area contributed by atoms with Gasteiger partial charge in [-0.3, -0.25) is 16.0 Å². The number of rotatable bonds is 4. The highest BCUT2D eigenvalue weighted by Gasteiger charge is 2.19. The van der Waals surface area contributed by atoms with Gasteiger partial charge in [0.1, 0.15) is 0 Å². The van der Waals surface area contributed by atoms with E-state index in [1.54, 1.807) is 4.88 Å². The second kappa shape index (κ2) is 5.66. The maximum absolute atomic E-state index is 5.74. The molecule has 3 rings (SSSR count). The van der Waals surface area contributed by atoms with E-state index in [0.717, 1.165) is 12.2 Å². The fourth-order valence-corrected chi connectivity index (χ4v) is 4.83. The molecular weight excluding hydrogens is 276 g/mol. The van der Waals surface area contributed by atoms with Crippen molar-refractivity contribution >= 4 is 23.1 Å². The molecule has 0 fully saturated rings. The lowest BCUT2D eigenvalue weighted by atomic mass is 10.1. The summed E-state index contributed by atoms with van der Waals surface area (Å²) in [5.41, 5.74) is 5.67. The van der Waals surface area contributed by atoms with Crippen LogP contribution in [0.5, 0.6) is 0 Å². The molecule has 0 amide bonds. The number of nitrogens with one attached hydrogen (secondary N) is 1. The molecule has 1 aliphatic rings. The molecule has 4 nitrogen and oxygen atoms in total. The van der Waals surface area contributed by atoms with Gasteiger partial charge in [-0.25, -0.2) is 0 Å². The van der Waals surface area contributed by atoms with Crippen molar-refractivity contribution in [2.45, 2.75) is 24.6 Å². The van der Waals surface area contributed by atoms with Gasteiger partial charge in [0.05, 0.1) is 12.2 Å². The highest BCUT2D eigenvalue weighted by Crippen LogP contribution is 2.35. The number of nitrogens with zero attached hydrogens (tertiary/aromatic N) is 2. The first kappa shape index (κ1) is 13.2. The molecule has 0 radical (unpaired) electrons. The van der Waals surface area contributed by atoms with Gasteiger partial charge in [0.2, 0.25) is 0 Å². The average Bonchev–Trinajstić information content (AvgIpc) is 3.01. The molecule has 3 heterocycles. The summed E-state index contributed by atoms with van der Waals surface area (Å²) in [4.78, 5) is 2.89. The van der Waals surface area contributed by atoms with Gasteiger partial charge in [-0.2, -0.15) is 16.9 Å². The fraction of sp³-hybridized carbons (Fsp3) is 0.462. The van der Waals surface area contributed by atoms with E-state index in [2.05, 4.69) is 16.6 Å². The molecule has 1 aliphatic heterocycles. The minimum Gasteiger partial charge on any atom is -0.276 e. The third kappa shape index (κ3) is 2.86. The van der Waals surface area contributed by atoms with Crippen molar-refractivity contribution in [1.82, 2.24) is 15.2 Å². The highest BCUT2D eigenvalue weighted by molar-refractivity contribution is 7.98. The zero-order valence-corrected chi connectivity index (χ0v) is 12.6. The van der Waals surface area contributed by atoms with Crippen molar-refractivity contribution in [3.63, 3.8) is 0 Å². The Morgan fingerprint density at radius 2 is 2.47 bits per heavy atom. The van der Waals surface area contributed by atoms with Gasteiger partial charge in [-0.05, 0) is 35.8 Å². The van der Waals surface area contributed by atoms with Gasteiger partial charge in [-0.15, -0.1) is 11.3 Å². The van der Waals surface area contributed by atoms with E-state index >= 15 is 0 Å². The van der Waals surface area contributed by atoms with Crippen molar-refractivity contribution in [3.8, 4) is 0 Å². The molecule has 1 atom stereocenters. The van der Waals surface area contributed by atoms with Crippen LogP contribution < -0.4 is 11.3 Å². The first-order chi connectivity index (χ1) is 9.26. The van der Waals surface area contributed by atoms with Gasteiger partial charge in [-0.1, -0.05) is 0 Å². The van der Waals surface area contributed by atoms with Crippen LogP contribution in [0.2, 0.25) is 0 Å². The fourth-order valence-electron chi connectivity index (χ4n) is 2.40. The molecule has 0 bridgehead atoms. The van der Waals surface area contributed by atoms with Crippen LogP contribution in [-0.4, -0.2) is 15.5 Å². The second-order valence-corrected chi connectivity index (χ2v) is 7.12. The number of aryl methyl sites for hydroxylation is 2. The van der Waals surface area contributed by atoms with Gasteiger partial charge >= 0.3 is 0 Å². The SMILES string of the molecule is Cn1cc(CC(NN)c2cc3c(s2)CCSC3)cn1. The number of hydrogen-bond acceptors (Lipinski definition) is 5. The lowest BCUT2D eigenvalue weighted by molar-refractivity contribution is 0.560. The van der Waals surface area contributed by atoms with Crippen LogP contribution in [0.1, 0.15) is 26.9 Å². The molecule has 2 aromatic rings. The molecule has 2 aromatic heterocycles. The Hall–Kier alpha value is -0.820. The summed E-state index contributed by atoms with van der Waals surface area (Å²) in [6.07, 6.45) is 6.05. The van der Waals surface area contributed by atoms with Gasteiger partial charge in [0.25, 0.3) is 0 Å². The van der Waals surface area contributed by atoms with E-state index in [1.165, 1.54) is 28.2 Å². The first-order valence-corrected chi connectivity index (χ1v) is 8.36. The number of aromatic nitrogens is 2. The van der Waals surface area contributed by atoms with E-state index in [0.29, 0.717) is 0 Å².